The molecule has 0 aliphatic carbocycles. The number of rotatable bonds is 5. The molecule has 1 aliphatic heterocycles. The molecule has 2 amide bonds. The highest BCUT2D eigenvalue weighted by atomic mass is 35.5. The molecule has 8 heteroatoms. The lowest BCUT2D eigenvalue weighted by molar-refractivity contribution is -0.132. The summed E-state index contributed by atoms with van der Waals surface area (Å²) in [6.45, 7) is -0.157. The number of halogens is 1. The molecule has 0 saturated heterocycles. The molecule has 0 aromatic heterocycles. The second-order valence-corrected chi connectivity index (χ2v) is 5.80. The van der Waals surface area contributed by atoms with Crippen molar-refractivity contribution >= 4 is 29.6 Å². The van der Waals surface area contributed by atoms with Crippen molar-refractivity contribution in [2.24, 2.45) is 5.10 Å². The highest BCUT2D eigenvalue weighted by molar-refractivity contribution is 6.33. The maximum absolute atomic E-state index is 12.1. The number of nitrogens with one attached hydrogen (secondary N) is 2. The summed E-state index contributed by atoms with van der Waals surface area (Å²) in [5.41, 5.74) is 2.99. The molecule has 0 unspecified atom stereocenters. The minimum absolute atomic E-state index is 0.0785. The van der Waals surface area contributed by atoms with E-state index >= 15 is 0 Å². The van der Waals surface area contributed by atoms with E-state index in [1.807, 2.05) is 6.07 Å². The first kappa shape index (κ1) is 17.8. The van der Waals surface area contributed by atoms with Gasteiger partial charge in [-0.05, 0) is 18.2 Å². The Morgan fingerprint density at radius 2 is 1.88 bits per heavy atom. The largest absolute Gasteiger partial charge is 0.485 e. The molecule has 1 heterocycles. The second kappa shape index (κ2) is 8.35. The fraction of sp³-hybridized carbons (Fsp3) is 0.167. The van der Waals surface area contributed by atoms with E-state index in [1.165, 1.54) is 6.21 Å². The standard InChI is InChI=1S/C18H16ClN3O4/c19-13-6-2-1-5-12(13)9-21-22-17(23)10-20-18(24)16-11-25-14-7-3-4-8-15(14)26-16/h1-9,16H,10-11H2,(H,20,24)(H,22,23)/t16-/m1/s1. The zero-order valence-corrected chi connectivity index (χ0v) is 14.4. The van der Waals surface area contributed by atoms with Crippen LogP contribution in [0.15, 0.2) is 53.6 Å². The van der Waals surface area contributed by atoms with Gasteiger partial charge in [-0.3, -0.25) is 9.59 Å². The van der Waals surface area contributed by atoms with Gasteiger partial charge in [-0.25, -0.2) is 5.43 Å². The van der Waals surface area contributed by atoms with Crippen molar-refractivity contribution < 1.29 is 19.1 Å². The molecule has 0 saturated carbocycles. The predicted molar refractivity (Wildman–Crippen MR) is 96.6 cm³/mol. The monoisotopic (exact) mass is 373 g/mol. The predicted octanol–water partition coefficient (Wildman–Crippen LogP) is 1.75. The van der Waals surface area contributed by atoms with Crippen molar-refractivity contribution in [3.05, 3.63) is 59.1 Å². The second-order valence-electron chi connectivity index (χ2n) is 5.40. The van der Waals surface area contributed by atoms with Crippen molar-refractivity contribution in [2.45, 2.75) is 6.10 Å². The van der Waals surface area contributed by atoms with Crippen molar-refractivity contribution in [3.8, 4) is 11.5 Å². The number of amides is 2. The van der Waals surface area contributed by atoms with Gasteiger partial charge in [0.05, 0.1) is 12.8 Å². The summed E-state index contributed by atoms with van der Waals surface area (Å²) in [5, 5.41) is 6.82. The number of benzene rings is 2. The van der Waals surface area contributed by atoms with Crippen LogP contribution in [-0.4, -0.2) is 37.3 Å². The van der Waals surface area contributed by atoms with Gasteiger partial charge in [-0.1, -0.05) is 41.9 Å². The molecule has 3 rings (SSSR count). The van der Waals surface area contributed by atoms with Crippen LogP contribution in [0.2, 0.25) is 5.02 Å². The molecule has 134 valence electrons. The van der Waals surface area contributed by atoms with Gasteiger partial charge < -0.3 is 14.8 Å². The molecule has 2 aromatic rings. The van der Waals surface area contributed by atoms with Crippen LogP contribution in [0, 0.1) is 0 Å². The van der Waals surface area contributed by atoms with Crippen LogP contribution in [0.4, 0.5) is 0 Å². The molecule has 0 radical (unpaired) electrons. The Morgan fingerprint density at radius 3 is 2.69 bits per heavy atom. The van der Waals surface area contributed by atoms with Gasteiger partial charge in [0.1, 0.15) is 6.61 Å². The third-order valence-corrected chi connectivity index (χ3v) is 3.87. The lowest BCUT2D eigenvalue weighted by Crippen LogP contribution is -2.46. The van der Waals surface area contributed by atoms with Gasteiger partial charge in [0, 0.05) is 10.6 Å². The number of carbonyl (C=O) groups excluding carboxylic acids is 2. The maximum Gasteiger partial charge on any atom is 0.265 e. The molecule has 0 spiro atoms. The number of carbonyl (C=O) groups is 2. The highest BCUT2D eigenvalue weighted by Crippen LogP contribution is 2.30. The first-order chi connectivity index (χ1) is 12.6. The number of hydrogen-bond donors (Lipinski definition) is 2. The Labute approximate surface area is 154 Å². The van der Waals surface area contributed by atoms with E-state index in [2.05, 4.69) is 15.8 Å². The minimum Gasteiger partial charge on any atom is -0.485 e. The lowest BCUT2D eigenvalue weighted by atomic mass is 10.2. The molecular formula is C18H16ClN3O4. The van der Waals surface area contributed by atoms with Gasteiger partial charge in [0.15, 0.2) is 11.5 Å². The van der Waals surface area contributed by atoms with Gasteiger partial charge in [-0.2, -0.15) is 5.10 Å². The number of fused-ring (bicyclic) bond motifs is 1. The van der Waals surface area contributed by atoms with Gasteiger partial charge in [-0.15, -0.1) is 0 Å². The molecule has 26 heavy (non-hydrogen) atoms. The molecule has 0 fully saturated rings. The number of para-hydroxylation sites is 2. The molecule has 2 N–H and O–H groups in total. The Morgan fingerprint density at radius 1 is 1.15 bits per heavy atom. The van der Waals surface area contributed by atoms with Gasteiger partial charge in [0.2, 0.25) is 6.10 Å². The Kier molecular flexibility index (Phi) is 5.70. The molecule has 1 atom stereocenters. The molecule has 0 bridgehead atoms. The van der Waals surface area contributed by atoms with E-state index in [1.54, 1.807) is 42.5 Å². The van der Waals surface area contributed by atoms with Crippen LogP contribution in [0.3, 0.4) is 0 Å². The summed E-state index contributed by atoms with van der Waals surface area (Å²) in [4.78, 5) is 23.9. The third-order valence-electron chi connectivity index (χ3n) is 3.52. The SMILES string of the molecule is O=C(CNC(=O)[C@H]1COc2ccccc2O1)NN=Cc1ccccc1Cl. The number of ether oxygens (including phenoxy) is 2. The van der Waals surface area contributed by atoms with Crippen molar-refractivity contribution in [3.63, 3.8) is 0 Å². The normalized spacial score (nSPS) is 15.5. The van der Waals surface area contributed by atoms with Crippen LogP contribution in [0.1, 0.15) is 5.56 Å². The Balaban J connectivity index is 1.45. The average Bonchev–Trinajstić information content (AvgIpc) is 2.67. The quantitative estimate of drug-likeness (QED) is 0.617. The molecule has 1 aliphatic rings. The molecule has 7 nitrogen and oxygen atoms in total. The number of nitrogens with zero attached hydrogens (tertiary/aromatic N) is 1. The van der Waals surface area contributed by atoms with Crippen LogP contribution in [0.5, 0.6) is 11.5 Å². The van der Waals surface area contributed by atoms with E-state index in [-0.39, 0.29) is 13.2 Å². The van der Waals surface area contributed by atoms with E-state index in [0.717, 1.165) is 0 Å². The van der Waals surface area contributed by atoms with Crippen molar-refractivity contribution in [2.75, 3.05) is 13.2 Å². The zero-order chi connectivity index (χ0) is 18.4. The first-order valence-corrected chi connectivity index (χ1v) is 8.24. The first-order valence-electron chi connectivity index (χ1n) is 7.86. The Hall–Kier alpha value is -3.06. The molecular weight excluding hydrogens is 358 g/mol. The fourth-order valence-electron chi connectivity index (χ4n) is 2.22. The van der Waals surface area contributed by atoms with Crippen LogP contribution in [-0.2, 0) is 9.59 Å². The fourth-order valence-corrected chi connectivity index (χ4v) is 2.41. The van der Waals surface area contributed by atoms with Gasteiger partial charge in [0.25, 0.3) is 11.8 Å². The number of hydrogen-bond acceptors (Lipinski definition) is 5. The zero-order valence-electron chi connectivity index (χ0n) is 13.6. The van der Waals surface area contributed by atoms with E-state index in [0.29, 0.717) is 22.1 Å². The highest BCUT2D eigenvalue weighted by Gasteiger charge is 2.27. The van der Waals surface area contributed by atoms with E-state index < -0.39 is 17.9 Å². The maximum atomic E-state index is 12.1. The van der Waals surface area contributed by atoms with Gasteiger partial charge >= 0.3 is 0 Å². The van der Waals surface area contributed by atoms with Crippen LogP contribution < -0.4 is 20.2 Å². The van der Waals surface area contributed by atoms with Crippen LogP contribution >= 0.6 is 11.6 Å². The lowest BCUT2D eigenvalue weighted by Gasteiger charge is -2.25. The summed E-state index contributed by atoms with van der Waals surface area (Å²) in [6, 6.07) is 14.2. The molecule has 2 aromatic carbocycles. The third kappa shape index (κ3) is 4.52. The van der Waals surface area contributed by atoms with Crippen LogP contribution in [0.25, 0.3) is 0 Å². The van der Waals surface area contributed by atoms with E-state index in [9.17, 15) is 9.59 Å². The van der Waals surface area contributed by atoms with Crippen molar-refractivity contribution in [1.82, 2.24) is 10.7 Å². The van der Waals surface area contributed by atoms with E-state index in [4.69, 9.17) is 21.1 Å². The summed E-state index contributed by atoms with van der Waals surface area (Å²) >= 11 is 5.98. The smallest absolute Gasteiger partial charge is 0.265 e. The average molecular weight is 374 g/mol. The minimum atomic E-state index is -0.815. The summed E-state index contributed by atoms with van der Waals surface area (Å²) < 4.78 is 11.0. The summed E-state index contributed by atoms with van der Waals surface area (Å²) in [5.74, 6) is 0.166. The number of hydrazone groups is 1. The Bertz CT molecular complexity index is 841. The summed E-state index contributed by atoms with van der Waals surface area (Å²) in [7, 11) is 0. The van der Waals surface area contributed by atoms with Crippen molar-refractivity contribution in [1.29, 1.82) is 0 Å². The topological polar surface area (TPSA) is 89.0 Å². The summed E-state index contributed by atoms with van der Waals surface area (Å²) in [6.07, 6.45) is 0.612.